The number of aryl methyl sites for hydroxylation is 2. The molecule has 2 unspecified atom stereocenters. The number of benzene rings is 1. The first kappa shape index (κ1) is 12.4. The van der Waals surface area contributed by atoms with Crippen molar-refractivity contribution in [1.29, 1.82) is 0 Å². The molecule has 0 radical (unpaired) electrons. The van der Waals surface area contributed by atoms with Crippen LogP contribution in [0.5, 0.6) is 0 Å². The predicted molar refractivity (Wildman–Crippen MR) is 66.3 cm³/mol. The van der Waals surface area contributed by atoms with E-state index in [-0.39, 0.29) is 6.04 Å². The molecule has 1 aromatic rings. The van der Waals surface area contributed by atoms with Gasteiger partial charge in [-0.15, -0.1) is 0 Å². The molecule has 0 aromatic heterocycles. The van der Waals surface area contributed by atoms with Gasteiger partial charge in [0.15, 0.2) is 0 Å². The summed E-state index contributed by atoms with van der Waals surface area (Å²) >= 11 is 0. The maximum absolute atomic E-state index is 11.8. The van der Waals surface area contributed by atoms with E-state index in [1.807, 2.05) is 13.0 Å². The van der Waals surface area contributed by atoms with Gasteiger partial charge in [-0.05, 0) is 37.5 Å². The second-order valence-electron chi connectivity index (χ2n) is 4.10. The van der Waals surface area contributed by atoms with Gasteiger partial charge in [0.2, 0.25) is 0 Å². The van der Waals surface area contributed by atoms with Gasteiger partial charge in [-0.25, -0.2) is 0 Å². The van der Waals surface area contributed by atoms with Crippen LogP contribution in [0, 0.1) is 13.8 Å². The Labute approximate surface area is 94.3 Å². The van der Waals surface area contributed by atoms with Crippen LogP contribution in [0.4, 0.5) is 0 Å². The molecule has 0 aliphatic rings. The molecule has 0 spiro atoms. The van der Waals surface area contributed by atoms with E-state index < -0.39 is 10.8 Å². The maximum Gasteiger partial charge on any atom is 0.0491 e. The van der Waals surface area contributed by atoms with E-state index in [0.717, 1.165) is 0 Å². The fourth-order valence-corrected chi connectivity index (χ4v) is 3.07. The largest absolute Gasteiger partial charge is 0.327 e. The van der Waals surface area contributed by atoms with Gasteiger partial charge in [0.25, 0.3) is 0 Å². The number of nitrogens with two attached hydrogens (primary N) is 1. The molecule has 0 amide bonds. The molecule has 0 bridgehead atoms. The van der Waals surface area contributed by atoms with Crippen LogP contribution in [-0.2, 0) is 16.6 Å². The lowest BCUT2D eigenvalue weighted by atomic mass is 10.1. The van der Waals surface area contributed by atoms with Gasteiger partial charge >= 0.3 is 0 Å². The summed E-state index contributed by atoms with van der Waals surface area (Å²) in [5.41, 5.74) is 9.27. The lowest BCUT2D eigenvalue weighted by Crippen LogP contribution is -2.23. The van der Waals surface area contributed by atoms with E-state index in [0.29, 0.717) is 11.5 Å². The summed E-state index contributed by atoms with van der Waals surface area (Å²) in [5, 5.41) is 0. The second kappa shape index (κ2) is 5.42. The minimum atomic E-state index is -0.847. The standard InChI is InChI=1S/C12H19NOS/c1-9-5-4-6-10(2)12(9)8-15(14)7-11(3)13/h4-6,11H,7-8,13H2,1-3H3. The molecular weight excluding hydrogens is 206 g/mol. The lowest BCUT2D eigenvalue weighted by molar-refractivity contribution is 0.676. The molecule has 15 heavy (non-hydrogen) atoms. The molecule has 0 saturated heterocycles. The van der Waals surface area contributed by atoms with Gasteiger partial charge < -0.3 is 5.73 Å². The Kier molecular flexibility index (Phi) is 4.48. The van der Waals surface area contributed by atoms with Crippen molar-refractivity contribution in [3.63, 3.8) is 0 Å². The highest BCUT2D eigenvalue weighted by Crippen LogP contribution is 2.15. The van der Waals surface area contributed by atoms with Crippen LogP contribution < -0.4 is 5.73 Å². The molecule has 2 atom stereocenters. The third kappa shape index (κ3) is 3.76. The average molecular weight is 225 g/mol. The van der Waals surface area contributed by atoms with Crippen LogP contribution in [0.25, 0.3) is 0 Å². The molecular formula is C12H19NOS. The minimum Gasteiger partial charge on any atom is -0.327 e. The van der Waals surface area contributed by atoms with Crippen molar-refractivity contribution in [2.24, 2.45) is 5.73 Å². The van der Waals surface area contributed by atoms with Crippen LogP contribution in [0.3, 0.4) is 0 Å². The summed E-state index contributed by atoms with van der Waals surface area (Å²) in [7, 11) is -0.847. The highest BCUT2D eigenvalue weighted by atomic mass is 32.2. The Bertz CT molecular complexity index is 340. The number of hydrogen-bond acceptors (Lipinski definition) is 2. The van der Waals surface area contributed by atoms with E-state index in [4.69, 9.17) is 5.73 Å². The third-order valence-corrected chi connectivity index (χ3v) is 3.91. The van der Waals surface area contributed by atoms with Crippen LogP contribution >= 0.6 is 0 Å². The van der Waals surface area contributed by atoms with E-state index in [9.17, 15) is 4.21 Å². The first-order valence-electron chi connectivity index (χ1n) is 5.16. The van der Waals surface area contributed by atoms with E-state index in [1.54, 1.807) is 0 Å². The second-order valence-corrected chi connectivity index (χ2v) is 5.60. The summed E-state index contributed by atoms with van der Waals surface area (Å²) in [6.07, 6.45) is 0. The molecule has 2 N–H and O–H groups in total. The Morgan fingerprint density at radius 3 is 2.33 bits per heavy atom. The molecule has 1 aromatic carbocycles. The third-order valence-electron chi connectivity index (χ3n) is 2.40. The average Bonchev–Trinajstić information content (AvgIpc) is 2.10. The van der Waals surface area contributed by atoms with Gasteiger partial charge in [-0.2, -0.15) is 0 Å². The van der Waals surface area contributed by atoms with E-state index in [2.05, 4.69) is 26.0 Å². The number of rotatable bonds is 4. The zero-order chi connectivity index (χ0) is 11.4. The summed E-state index contributed by atoms with van der Waals surface area (Å²) in [6, 6.07) is 6.16. The number of hydrogen-bond donors (Lipinski definition) is 1. The fourth-order valence-electron chi connectivity index (χ4n) is 1.59. The van der Waals surface area contributed by atoms with Crippen molar-refractivity contribution in [3.05, 3.63) is 34.9 Å². The van der Waals surface area contributed by atoms with Gasteiger partial charge in [0.1, 0.15) is 0 Å². The Hall–Kier alpha value is -0.670. The highest BCUT2D eigenvalue weighted by Gasteiger charge is 2.08. The summed E-state index contributed by atoms with van der Waals surface area (Å²) in [4.78, 5) is 0. The molecule has 2 nitrogen and oxygen atoms in total. The summed E-state index contributed by atoms with van der Waals surface area (Å²) in [6.45, 7) is 6.01. The summed E-state index contributed by atoms with van der Waals surface area (Å²) < 4.78 is 11.8. The molecule has 0 aliphatic heterocycles. The van der Waals surface area contributed by atoms with Crippen molar-refractivity contribution in [1.82, 2.24) is 0 Å². The van der Waals surface area contributed by atoms with Gasteiger partial charge in [-0.3, -0.25) is 4.21 Å². The molecule has 0 aliphatic carbocycles. The molecule has 0 saturated carbocycles. The first-order valence-corrected chi connectivity index (χ1v) is 6.65. The smallest absolute Gasteiger partial charge is 0.0491 e. The molecule has 0 fully saturated rings. The van der Waals surface area contributed by atoms with Crippen LogP contribution in [0.15, 0.2) is 18.2 Å². The zero-order valence-corrected chi connectivity index (χ0v) is 10.4. The maximum atomic E-state index is 11.8. The molecule has 3 heteroatoms. The van der Waals surface area contributed by atoms with E-state index >= 15 is 0 Å². The van der Waals surface area contributed by atoms with Gasteiger partial charge in [-0.1, -0.05) is 18.2 Å². The Morgan fingerprint density at radius 1 is 1.33 bits per heavy atom. The Morgan fingerprint density at radius 2 is 1.87 bits per heavy atom. The van der Waals surface area contributed by atoms with Crippen LogP contribution in [-0.4, -0.2) is 16.0 Å². The lowest BCUT2D eigenvalue weighted by Gasteiger charge is -2.10. The monoisotopic (exact) mass is 225 g/mol. The van der Waals surface area contributed by atoms with Crippen molar-refractivity contribution in [3.8, 4) is 0 Å². The molecule has 84 valence electrons. The minimum absolute atomic E-state index is 0.00941. The van der Waals surface area contributed by atoms with E-state index in [1.165, 1.54) is 16.7 Å². The van der Waals surface area contributed by atoms with Crippen LogP contribution in [0.2, 0.25) is 0 Å². The van der Waals surface area contributed by atoms with Crippen molar-refractivity contribution < 1.29 is 4.21 Å². The Balaban J connectivity index is 2.76. The van der Waals surface area contributed by atoms with Gasteiger partial charge in [0, 0.05) is 28.3 Å². The fraction of sp³-hybridized carbons (Fsp3) is 0.500. The van der Waals surface area contributed by atoms with Gasteiger partial charge in [0.05, 0.1) is 0 Å². The highest BCUT2D eigenvalue weighted by molar-refractivity contribution is 7.84. The van der Waals surface area contributed by atoms with Crippen molar-refractivity contribution in [2.75, 3.05) is 5.75 Å². The predicted octanol–water partition coefficient (Wildman–Crippen LogP) is 1.90. The topological polar surface area (TPSA) is 43.1 Å². The normalized spacial score (nSPS) is 14.9. The molecule has 1 rings (SSSR count). The zero-order valence-electron chi connectivity index (χ0n) is 9.62. The quantitative estimate of drug-likeness (QED) is 0.850. The van der Waals surface area contributed by atoms with Crippen LogP contribution in [0.1, 0.15) is 23.6 Å². The van der Waals surface area contributed by atoms with Crippen molar-refractivity contribution in [2.45, 2.75) is 32.6 Å². The first-order chi connectivity index (χ1) is 7.00. The SMILES string of the molecule is Cc1cccc(C)c1CS(=O)CC(C)N. The summed E-state index contributed by atoms with van der Waals surface area (Å²) in [5.74, 6) is 1.20. The molecule has 0 heterocycles. The van der Waals surface area contributed by atoms with Crippen molar-refractivity contribution >= 4 is 10.8 Å².